The van der Waals surface area contributed by atoms with E-state index in [2.05, 4.69) is 17.2 Å². The number of hydrogen-bond donors (Lipinski definition) is 1. The Labute approximate surface area is 132 Å². The molecule has 1 aliphatic heterocycles. The number of carbonyl (C=O) groups is 2. The third-order valence-electron chi connectivity index (χ3n) is 3.88. The summed E-state index contributed by atoms with van der Waals surface area (Å²) in [5.41, 5.74) is -0.505. The number of nitrogens with zero attached hydrogens (tertiary/aromatic N) is 1. The number of likely N-dealkylation sites (tertiary alicyclic amines) is 1. The first-order valence-electron chi connectivity index (χ1n) is 8.13. The van der Waals surface area contributed by atoms with Gasteiger partial charge < -0.3 is 15.0 Å². The van der Waals surface area contributed by atoms with E-state index in [1.807, 2.05) is 20.8 Å². The lowest BCUT2D eigenvalue weighted by molar-refractivity contribution is -0.129. The van der Waals surface area contributed by atoms with Crippen LogP contribution in [0.5, 0.6) is 0 Å². The molecule has 5 nitrogen and oxygen atoms in total. The maximum absolute atomic E-state index is 11.9. The lowest BCUT2D eigenvalue weighted by atomic mass is 9.90. The largest absolute Gasteiger partial charge is 0.444 e. The molecule has 5 heteroatoms. The number of hydrogen-bond acceptors (Lipinski definition) is 3. The van der Waals surface area contributed by atoms with Gasteiger partial charge in [0.15, 0.2) is 0 Å². The van der Waals surface area contributed by atoms with Gasteiger partial charge in [0.1, 0.15) is 5.60 Å². The Bertz CT molecular complexity index is 472. The third kappa shape index (κ3) is 5.25. The van der Waals surface area contributed by atoms with Gasteiger partial charge in [-0.15, -0.1) is 0 Å². The number of nitrogens with one attached hydrogen (secondary N) is 1. The first-order valence-corrected chi connectivity index (χ1v) is 8.13. The quantitative estimate of drug-likeness (QED) is 0.756. The van der Waals surface area contributed by atoms with Crippen molar-refractivity contribution >= 4 is 12.0 Å². The molecule has 22 heavy (non-hydrogen) atoms. The number of amides is 2. The summed E-state index contributed by atoms with van der Waals surface area (Å²) in [7, 11) is 0. The highest BCUT2D eigenvalue weighted by atomic mass is 16.6. The van der Waals surface area contributed by atoms with Crippen molar-refractivity contribution in [2.75, 3.05) is 13.1 Å². The summed E-state index contributed by atoms with van der Waals surface area (Å²) in [4.78, 5) is 25.2. The summed E-state index contributed by atoms with van der Waals surface area (Å²) in [5.74, 6) is 6.12. The van der Waals surface area contributed by atoms with Gasteiger partial charge in [0.05, 0.1) is 6.04 Å². The minimum atomic E-state index is -0.505. The van der Waals surface area contributed by atoms with E-state index in [9.17, 15) is 9.59 Å². The van der Waals surface area contributed by atoms with Crippen molar-refractivity contribution in [2.45, 2.75) is 64.5 Å². The lowest BCUT2D eigenvalue weighted by Gasteiger charge is -2.38. The Hall–Kier alpha value is -1.70. The molecule has 0 unspecified atom stereocenters. The van der Waals surface area contributed by atoms with Crippen LogP contribution in [0.3, 0.4) is 0 Å². The molecular weight excluding hydrogens is 280 g/mol. The van der Waals surface area contributed by atoms with Crippen molar-refractivity contribution in [3.63, 3.8) is 0 Å². The first kappa shape index (κ1) is 16.7. The van der Waals surface area contributed by atoms with Crippen molar-refractivity contribution in [2.24, 2.45) is 5.92 Å². The van der Waals surface area contributed by atoms with Gasteiger partial charge in [-0.2, -0.15) is 0 Å². The molecule has 2 amide bonds. The minimum absolute atomic E-state index is 0.0321. The Kier molecular flexibility index (Phi) is 5.33. The standard InChI is InChI=1S/C17H26N2O3/c1-17(2,3)22-16(21)18-14-11-19(12-14)15(20)10-9-13-7-5-4-6-8-13/h13-14H,4-8,11-12H2,1-3H3,(H,18,21). The number of carbonyl (C=O) groups excluding carboxylic acids is 2. The lowest BCUT2D eigenvalue weighted by Crippen LogP contribution is -2.61. The van der Waals surface area contributed by atoms with Crippen LogP contribution in [-0.4, -0.2) is 41.6 Å². The van der Waals surface area contributed by atoms with E-state index in [0.717, 1.165) is 12.8 Å². The fourth-order valence-electron chi connectivity index (χ4n) is 2.70. The molecule has 0 spiro atoms. The van der Waals surface area contributed by atoms with E-state index in [1.54, 1.807) is 4.90 Å². The Morgan fingerprint density at radius 3 is 2.36 bits per heavy atom. The zero-order chi connectivity index (χ0) is 16.2. The molecule has 2 aliphatic rings. The van der Waals surface area contributed by atoms with E-state index in [1.165, 1.54) is 19.3 Å². The van der Waals surface area contributed by atoms with Gasteiger partial charge in [-0.1, -0.05) is 25.2 Å². The van der Waals surface area contributed by atoms with E-state index in [4.69, 9.17) is 4.74 Å². The average molecular weight is 306 g/mol. The molecule has 2 rings (SSSR count). The molecule has 2 fully saturated rings. The Morgan fingerprint density at radius 2 is 1.77 bits per heavy atom. The highest BCUT2D eigenvalue weighted by Crippen LogP contribution is 2.22. The second-order valence-electron chi connectivity index (χ2n) is 7.16. The molecule has 0 aromatic heterocycles. The van der Waals surface area contributed by atoms with E-state index >= 15 is 0 Å². The fourth-order valence-corrected chi connectivity index (χ4v) is 2.70. The maximum atomic E-state index is 11.9. The molecule has 1 aliphatic carbocycles. The maximum Gasteiger partial charge on any atom is 0.407 e. The highest BCUT2D eigenvalue weighted by Gasteiger charge is 2.32. The van der Waals surface area contributed by atoms with Crippen LogP contribution < -0.4 is 5.32 Å². The molecule has 1 saturated carbocycles. The van der Waals surface area contributed by atoms with E-state index < -0.39 is 11.7 Å². The number of alkyl carbamates (subject to hydrolysis) is 1. The van der Waals surface area contributed by atoms with Crippen molar-refractivity contribution in [3.05, 3.63) is 0 Å². The monoisotopic (exact) mass is 306 g/mol. The molecule has 1 heterocycles. The molecule has 0 atom stereocenters. The smallest absolute Gasteiger partial charge is 0.407 e. The van der Waals surface area contributed by atoms with Gasteiger partial charge in [0.25, 0.3) is 5.91 Å². The average Bonchev–Trinajstić information content (AvgIpc) is 2.39. The predicted molar refractivity (Wildman–Crippen MR) is 84.1 cm³/mol. The molecule has 1 N–H and O–H groups in total. The summed E-state index contributed by atoms with van der Waals surface area (Å²) in [5, 5.41) is 2.76. The Balaban J connectivity index is 1.69. The van der Waals surface area contributed by atoms with Gasteiger partial charge in [0.2, 0.25) is 0 Å². The third-order valence-corrected chi connectivity index (χ3v) is 3.88. The molecule has 0 aromatic rings. The second kappa shape index (κ2) is 7.04. The van der Waals surface area contributed by atoms with Gasteiger partial charge >= 0.3 is 6.09 Å². The van der Waals surface area contributed by atoms with Crippen molar-refractivity contribution < 1.29 is 14.3 Å². The normalized spacial score (nSPS) is 19.7. The van der Waals surface area contributed by atoms with Gasteiger partial charge in [-0.25, -0.2) is 4.79 Å². The SMILES string of the molecule is CC(C)(C)OC(=O)NC1CN(C(=O)C#CC2CCCCC2)C1. The topological polar surface area (TPSA) is 58.6 Å². The molecule has 0 aromatic carbocycles. The summed E-state index contributed by atoms with van der Waals surface area (Å²) in [6.07, 6.45) is 5.53. The van der Waals surface area contributed by atoms with Crippen LogP contribution in [0.15, 0.2) is 0 Å². The summed E-state index contributed by atoms with van der Waals surface area (Å²) in [6.45, 7) is 6.49. The van der Waals surface area contributed by atoms with Gasteiger partial charge in [-0.05, 0) is 39.5 Å². The summed E-state index contributed by atoms with van der Waals surface area (Å²) >= 11 is 0. The molecular formula is C17H26N2O3. The van der Waals surface area contributed by atoms with Gasteiger partial charge in [0, 0.05) is 19.0 Å². The van der Waals surface area contributed by atoms with E-state index in [-0.39, 0.29) is 11.9 Å². The number of ether oxygens (including phenoxy) is 1. The highest BCUT2D eigenvalue weighted by molar-refractivity contribution is 5.94. The van der Waals surface area contributed by atoms with Crippen LogP contribution in [0.4, 0.5) is 4.79 Å². The van der Waals surface area contributed by atoms with Crippen LogP contribution in [0, 0.1) is 17.8 Å². The van der Waals surface area contributed by atoms with Crippen LogP contribution in [0.2, 0.25) is 0 Å². The Morgan fingerprint density at radius 1 is 1.14 bits per heavy atom. The number of rotatable bonds is 1. The van der Waals surface area contributed by atoms with Crippen LogP contribution in [-0.2, 0) is 9.53 Å². The molecule has 122 valence electrons. The van der Waals surface area contributed by atoms with Crippen molar-refractivity contribution in [1.29, 1.82) is 0 Å². The molecule has 0 radical (unpaired) electrons. The van der Waals surface area contributed by atoms with Crippen LogP contribution in [0.1, 0.15) is 52.9 Å². The van der Waals surface area contributed by atoms with Crippen molar-refractivity contribution in [3.8, 4) is 11.8 Å². The molecule has 0 bridgehead atoms. The predicted octanol–water partition coefficient (Wildman–Crippen LogP) is 2.31. The summed E-state index contributed by atoms with van der Waals surface area (Å²) < 4.78 is 5.19. The van der Waals surface area contributed by atoms with Crippen LogP contribution in [0.25, 0.3) is 0 Å². The van der Waals surface area contributed by atoms with Crippen molar-refractivity contribution in [1.82, 2.24) is 10.2 Å². The minimum Gasteiger partial charge on any atom is -0.444 e. The zero-order valence-electron chi connectivity index (χ0n) is 13.8. The molecule has 1 saturated heterocycles. The zero-order valence-corrected chi connectivity index (χ0v) is 13.8. The van der Waals surface area contributed by atoms with Gasteiger partial charge in [-0.3, -0.25) is 4.79 Å². The fraction of sp³-hybridized carbons (Fsp3) is 0.765. The van der Waals surface area contributed by atoms with Crippen LogP contribution >= 0.6 is 0 Å². The second-order valence-corrected chi connectivity index (χ2v) is 7.16. The van der Waals surface area contributed by atoms with E-state index in [0.29, 0.717) is 19.0 Å². The first-order chi connectivity index (χ1) is 10.3. The summed E-state index contributed by atoms with van der Waals surface area (Å²) in [6, 6.07) is -0.0321.